The Morgan fingerprint density at radius 2 is 2.08 bits per heavy atom. The van der Waals surface area contributed by atoms with Crippen molar-refractivity contribution in [1.82, 2.24) is 14.9 Å². The van der Waals surface area contributed by atoms with Crippen LogP contribution in [0.15, 0.2) is 39.8 Å². The molecule has 3 aromatic rings. The van der Waals surface area contributed by atoms with E-state index in [9.17, 15) is 14.4 Å². The lowest BCUT2D eigenvalue weighted by atomic mass is 10.2. The molecule has 0 saturated carbocycles. The first-order valence-corrected chi connectivity index (χ1v) is 8.28. The van der Waals surface area contributed by atoms with Crippen LogP contribution in [-0.4, -0.2) is 34.1 Å². The monoisotopic (exact) mass is 357 g/mol. The maximum atomic E-state index is 12.5. The van der Waals surface area contributed by atoms with Gasteiger partial charge in [-0.1, -0.05) is 12.1 Å². The lowest BCUT2D eigenvalue weighted by Crippen LogP contribution is -2.33. The number of benzene rings is 1. The molecule has 0 aliphatic carbocycles. The summed E-state index contributed by atoms with van der Waals surface area (Å²) in [5.41, 5.74) is 0.722. The number of rotatable bonds is 6. The quantitative estimate of drug-likeness (QED) is 0.672. The van der Waals surface area contributed by atoms with E-state index < -0.39 is 11.5 Å². The molecule has 0 saturated heterocycles. The van der Waals surface area contributed by atoms with Crippen molar-refractivity contribution in [2.24, 2.45) is 0 Å². The van der Waals surface area contributed by atoms with E-state index in [1.54, 1.807) is 26.0 Å². The van der Waals surface area contributed by atoms with Crippen LogP contribution in [-0.2, 0) is 20.9 Å². The van der Waals surface area contributed by atoms with Crippen molar-refractivity contribution in [3.8, 4) is 0 Å². The van der Waals surface area contributed by atoms with Crippen LogP contribution >= 0.6 is 0 Å². The van der Waals surface area contributed by atoms with Gasteiger partial charge in [-0.05, 0) is 26.0 Å². The number of hydrogen-bond acceptors (Lipinski definition) is 6. The van der Waals surface area contributed by atoms with Crippen LogP contribution in [0.5, 0.6) is 0 Å². The smallest absolute Gasteiger partial charge is 0.307 e. The second-order valence-corrected chi connectivity index (χ2v) is 6.09. The van der Waals surface area contributed by atoms with Crippen LogP contribution < -0.4 is 10.9 Å². The van der Waals surface area contributed by atoms with Gasteiger partial charge >= 0.3 is 5.97 Å². The molecule has 1 amide bonds. The summed E-state index contributed by atoms with van der Waals surface area (Å²) in [6.07, 6.45) is 1.19. The molecule has 0 radical (unpaired) electrons. The van der Waals surface area contributed by atoms with Gasteiger partial charge < -0.3 is 14.5 Å². The molecule has 0 unspecified atom stereocenters. The lowest BCUT2D eigenvalue weighted by Gasteiger charge is -2.09. The van der Waals surface area contributed by atoms with Crippen LogP contribution in [0.4, 0.5) is 0 Å². The van der Waals surface area contributed by atoms with Crippen molar-refractivity contribution in [1.29, 1.82) is 0 Å². The minimum atomic E-state index is -0.430. The normalized spacial score (nSPS) is 11.2. The van der Waals surface area contributed by atoms with Crippen molar-refractivity contribution >= 4 is 33.9 Å². The minimum absolute atomic E-state index is 0.0691. The zero-order valence-corrected chi connectivity index (χ0v) is 14.5. The Morgan fingerprint density at radius 3 is 2.85 bits per heavy atom. The van der Waals surface area contributed by atoms with Crippen LogP contribution in [0.1, 0.15) is 20.3 Å². The maximum absolute atomic E-state index is 12.5. The first-order valence-electron chi connectivity index (χ1n) is 8.28. The molecule has 1 aromatic carbocycles. The summed E-state index contributed by atoms with van der Waals surface area (Å²) in [5, 5.41) is 3.33. The average molecular weight is 357 g/mol. The molecule has 26 heavy (non-hydrogen) atoms. The van der Waals surface area contributed by atoms with E-state index in [4.69, 9.17) is 9.15 Å². The molecule has 0 bridgehead atoms. The highest BCUT2D eigenvalue weighted by Crippen LogP contribution is 2.23. The van der Waals surface area contributed by atoms with E-state index in [-0.39, 0.29) is 37.2 Å². The van der Waals surface area contributed by atoms with Crippen molar-refractivity contribution in [3.05, 3.63) is 40.9 Å². The van der Waals surface area contributed by atoms with E-state index in [1.807, 2.05) is 12.1 Å². The van der Waals surface area contributed by atoms with E-state index in [2.05, 4.69) is 10.3 Å². The summed E-state index contributed by atoms with van der Waals surface area (Å²) in [6.45, 7) is 3.44. The number of aromatic nitrogens is 2. The number of nitrogens with one attached hydrogen (secondary N) is 1. The maximum Gasteiger partial charge on any atom is 0.307 e. The van der Waals surface area contributed by atoms with E-state index >= 15 is 0 Å². The largest absolute Gasteiger partial charge is 0.463 e. The van der Waals surface area contributed by atoms with E-state index in [1.165, 1.54) is 10.9 Å². The molecule has 2 heterocycles. The zero-order chi connectivity index (χ0) is 18.7. The lowest BCUT2D eigenvalue weighted by molar-refractivity contribution is -0.147. The van der Waals surface area contributed by atoms with Gasteiger partial charge in [0, 0.05) is 11.9 Å². The topological polar surface area (TPSA) is 103 Å². The summed E-state index contributed by atoms with van der Waals surface area (Å²) in [7, 11) is 0. The number of hydrogen-bond donors (Lipinski definition) is 1. The number of fused-ring (bicyclic) bond motifs is 3. The molecule has 136 valence electrons. The number of esters is 1. The number of nitrogens with zero attached hydrogens (tertiary/aromatic N) is 2. The Bertz CT molecular complexity index is 1020. The highest BCUT2D eigenvalue weighted by Gasteiger charge is 2.14. The molecule has 1 N–H and O–H groups in total. The summed E-state index contributed by atoms with van der Waals surface area (Å²) >= 11 is 0. The van der Waals surface area contributed by atoms with Gasteiger partial charge in [-0.25, -0.2) is 4.98 Å². The van der Waals surface area contributed by atoms with Crippen molar-refractivity contribution in [3.63, 3.8) is 0 Å². The molecule has 0 atom stereocenters. The van der Waals surface area contributed by atoms with E-state index in [0.717, 1.165) is 5.39 Å². The first-order chi connectivity index (χ1) is 12.5. The standard InChI is InChI=1S/C18H19N3O5/c1-11(2)25-15(23)7-8-19-14(22)9-21-10-20-16-12-5-3-4-6-13(12)26-17(16)18(21)24/h3-6,10-11H,7-9H2,1-2H3,(H,19,22). The highest BCUT2D eigenvalue weighted by atomic mass is 16.5. The fourth-order valence-electron chi connectivity index (χ4n) is 2.56. The molecular formula is C18H19N3O5. The summed E-state index contributed by atoms with van der Waals surface area (Å²) in [6, 6.07) is 7.22. The highest BCUT2D eigenvalue weighted by molar-refractivity contribution is 6.01. The van der Waals surface area contributed by atoms with Crippen LogP contribution in [0, 0.1) is 0 Å². The van der Waals surface area contributed by atoms with Gasteiger partial charge in [0.15, 0.2) is 0 Å². The van der Waals surface area contributed by atoms with Gasteiger partial charge in [0.05, 0.1) is 18.9 Å². The van der Waals surface area contributed by atoms with Crippen molar-refractivity contribution < 1.29 is 18.7 Å². The van der Waals surface area contributed by atoms with Crippen LogP contribution in [0.25, 0.3) is 22.1 Å². The third-order valence-electron chi connectivity index (χ3n) is 3.68. The number of furan rings is 1. The first kappa shape index (κ1) is 17.7. The molecular weight excluding hydrogens is 338 g/mol. The molecule has 8 nitrogen and oxygen atoms in total. The average Bonchev–Trinajstić information content (AvgIpc) is 2.96. The summed E-state index contributed by atoms with van der Waals surface area (Å²) in [4.78, 5) is 40.2. The number of ether oxygens (including phenoxy) is 1. The van der Waals surface area contributed by atoms with Crippen molar-refractivity contribution in [2.75, 3.05) is 6.54 Å². The number of carbonyl (C=O) groups is 2. The van der Waals surface area contributed by atoms with Gasteiger partial charge in [0.25, 0.3) is 5.56 Å². The van der Waals surface area contributed by atoms with Crippen LogP contribution in [0.3, 0.4) is 0 Å². The van der Waals surface area contributed by atoms with Gasteiger partial charge in [-0.3, -0.25) is 19.0 Å². The Hall–Kier alpha value is -3.16. The van der Waals surface area contributed by atoms with Gasteiger partial charge in [-0.15, -0.1) is 0 Å². The Labute approximate surface area is 148 Å². The minimum Gasteiger partial charge on any atom is -0.463 e. The summed E-state index contributed by atoms with van der Waals surface area (Å²) < 4.78 is 11.7. The molecule has 3 rings (SSSR count). The Kier molecular flexibility index (Phi) is 5.01. The molecule has 0 spiro atoms. The molecule has 8 heteroatoms. The number of amides is 1. The van der Waals surface area contributed by atoms with E-state index in [0.29, 0.717) is 11.1 Å². The fraction of sp³-hybridized carbons (Fsp3) is 0.333. The van der Waals surface area contributed by atoms with Crippen molar-refractivity contribution in [2.45, 2.75) is 32.9 Å². The second-order valence-electron chi connectivity index (χ2n) is 6.09. The van der Waals surface area contributed by atoms with Gasteiger partial charge in [-0.2, -0.15) is 0 Å². The molecule has 2 aromatic heterocycles. The summed E-state index contributed by atoms with van der Waals surface area (Å²) in [5.74, 6) is -0.787. The predicted octanol–water partition coefficient (Wildman–Crippen LogP) is 1.60. The third-order valence-corrected chi connectivity index (χ3v) is 3.68. The van der Waals surface area contributed by atoms with Gasteiger partial charge in [0.2, 0.25) is 11.5 Å². The Balaban J connectivity index is 1.68. The number of para-hydroxylation sites is 1. The SMILES string of the molecule is CC(C)OC(=O)CCNC(=O)Cn1cnc2c(oc3ccccc32)c1=O. The molecule has 0 aliphatic heterocycles. The molecule has 0 fully saturated rings. The third kappa shape index (κ3) is 3.74. The van der Waals surface area contributed by atoms with Gasteiger partial charge in [0.1, 0.15) is 17.6 Å². The second kappa shape index (κ2) is 7.38. The zero-order valence-electron chi connectivity index (χ0n) is 14.5. The fourth-order valence-corrected chi connectivity index (χ4v) is 2.56. The Morgan fingerprint density at radius 1 is 1.31 bits per heavy atom. The predicted molar refractivity (Wildman–Crippen MR) is 94.6 cm³/mol. The molecule has 0 aliphatic rings. The van der Waals surface area contributed by atoms with Crippen LogP contribution in [0.2, 0.25) is 0 Å². The number of carbonyl (C=O) groups excluding carboxylic acids is 2.